The molecule has 0 saturated carbocycles. The molecule has 1 amide bonds. The first-order valence-corrected chi connectivity index (χ1v) is 9.54. The molecule has 29 heavy (non-hydrogen) atoms. The van der Waals surface area contributed by atoms with E-state index in [-0.39, 0.29) is 11.4 Å². The molecule has 9 heteroatoms. The normalized spacial score (nSPS) is 10.8. The summed E-state index contributed by atoms with van der Waals surface area (Å²) in [5, 5.41) is 14.1. The standard InChI is InChI=1S/C20H15N3O5S/c1-2-27-14-6-7-15-18(11-14)29-20(21-15)22-19(24)17-9-8-16(28-17)12-4-3-5-13(10-12)23(25)26/h3-11H,2H2,1H3,(H,21,22,24). The number of non-ortho nitro benzene ring substituents is 1. The van der Waals surface area contributed by atoms with Crippen LogP contribution in [0.25, 0.3) is 21.5 Å². The molecule has 1 N–H and O–H groups in total. The van der Waals surface area contributed by atoms with Gasteiger partial charge in [-0.15, -0.1) is 0 Å². The molecule has 0 radical (unpaired) electrons. The molecule has 0 bridgehead atoms. The highest BCUT2D eigenvalue weighted by molar-refractivity contribution is 7.22. The molecule has 0 spiro atoms. The fourth-order valence-corrected chi connectivity index (χ4v) is 3.65. The van der Waals surface area contributed by atoms with Gasteiger partial charge in [0, 0.05) is 17.7 Å². The number of fused-ring (bicyclic) bond motifs is 1. The van der Waals surface area contributed by atoms with Crippen LogP contribution in [0, 0.1) is 10.1 Å². The molecule has 0 atom stereocenters. The number of carbonyl (C=O) groups is 1. The maximum absolute atomic E-state index is 12.5. The lowest BCUT2D eigenvalue weighted by atomic mass is 10.1. The average Bonchev–Trinajstić information content (AvgIpc) is 3.35. The first-order chi connectivity index (χ1) is 14.0. The fraction of sp³-hybridized carbons (Fsp3) is 0.100. The molecule has 0 aliphatic heterocycles. The molecule has 0 aliphatic rings. The Bertz CT molecular complexity index is 1210. The van der Waals surface area contributed by atoms with Gasteiger partial charge in [0.2, 0.25) is 0 Å². The van der Waals surface area contributed by atoms with Gasteiger partial charge >= 0.3 is 0 Å². The topological polar surface area (TPSA) is 108 Å². The Morgan fingerprint density at radius 3 is 2.90 bits per heavy atom. The summed E-state index contributed by atoms with van der Waals surface area (Å²) < 4.78 is 12.0. The second kappa shape index (κ2) is 7.72. The van der Waals surface area contributed by atoms with Gasteiger partial charge in [-0.2, -0.15) is 0 Å². The third-order valence-electron chi connectivity index (χ3n) is 4.06. The van der Waals surface area contributed by atoms with Crippen molar-refractivity contribution in [1.29, 1.82) is 0 Å². The lowest BCUT2D eigenvalue weighted by molar-refractivity contribution is -0.384. The number of carbonyl (C=O) groups excluding carboxylic acids is 1. The minimum atomic E-state index is -0.482. The molecule has 0 fully saturated rings. The van der Waals surface area contributed by atoms with E-state index in [1.807, 2.05) is 25.1 Å². The van der Waals surface area contributed by atoms with Crippen molar-refractivity contribution in [2.75, 3.05) is 11.9 Å². The molecular formula is C20H15N3O5S. The number of nitro benzene ring substituents is 1. The lowest BCUT2D eigenvalue weighted by Crippen LogP contribution is -2.10. The summed E-state index contributed by atoms with van der Waals surface area (Å²) in [7, 11) is 0. The van der Waals surface area contributed by atoms with Crippen LogP contribution in [0.4, 0.5) is 10.8 Å². The van der Waals surface area contributed by atoms with E-state index in [0.29, 0.717) is 23.1 Å². The highest BCUT2D eigenvalue weighted by Crippen LogP contribution is 2.30. The van der Waals surface area contributed by atoms with Crippen LogP contribution in [0.15, 0.2) is 59.0 Å². The maximum atomic E-state index is 12.5. The summed E-state index contributed by atoms with van der Waals surface area (Å²) in [5.74, 6) is 0.741. The number of nitrogens with one attached hydrogen (secondary N) is 1. The van der Waals surface area contributed by atoms with Gasteiger partial charge < -0.3 is 9.15 Å². The summed E-state index contributed by atoms with van der Waals surface area (Å²) in [6.07, 6.45) is 0. The Morgan fingerprint density at radius 1 is 1.24 bits per heavy atom. The van der Waals surface area contributed by atoms with Crippen LogP contribution in [0.1, 0.15) is 17.5 Å². The molecule has 8 nitrogen and oxygen atoms in total. The number of ether oxygens (including phenoxy) is 1. The number of hydrogen-bond donors (Lipinski definition) is 1. The van der Waals surface area contributed by atoms with E-state index in [9.17, 15) is 14.9 Å². The molecule has 0 unspecified atom stereocenters. The predicted octanol–water partition coefficient (Wildman–Crippen LogP) is 5.12. The number of furan rings is 1. The Morgan fingerprint density at radius 2 is 2.10 bits per heavy atom. The largest absolute Gasteiger partial charge is 0.494 e. The number of hydrogen-bond acceptors (Lipinski definition) is 7. The van der Waals surface area contributed by atoms with Crippen molar-refractivity contribution >= 4 is 38.3 Å². The number of nitrogens with zero attached hydrogens (tertiary/aromatic N) is 2. The van der Waals surface area contributed by atoms with Gasteiger partial charge in [-0.05, 0) is 37.3 Å². The lowest BCUT2D eigenvalue weighted by Gasteiger charge is -2.00. The second-order valence-corrected chi connectivity index (χ2v) is 7.04. The summed E-state index contributed by atoms with van der Waals surface area (Å²) in [4.78, 5) is 27.3. The van der Waals surface area contributed by atoms with Crippen LogP contribution in [-0.4, -0.2) is 22.4 Å². The molecule has 2 aromatic heterocycles. The van der Waals surface area contributed by atoms with Crippen molar-refractivity contribution in [1.82, 2.24) is 4.98 Å². The Hall–Kier alpha value is -3.72. The summed E-state index contributed by atoms with van der Waals surface area (Å²) >= 11 is 1.33. The quantitative estimate of drug-likeness (QED) is 0.350. The molecule has 4 rings (SSSR count). The number of nitro groups is 1. The van der Waals surface area contributed by atoms with Crippen molar-refractivity contribution in [3.05, 3.63) is 70.5 Å². The zero-order valence-electron chi connectivity index (χ0n) is 15.2. The Kier molecular flexibility index (Phi) is 4.96. The van der Waals surface area contributed by atoms with Crippen molar-refractivity contribution in [2.45, 2.75) is 6.92 Å². The van der Waals surface area contributed by atoms with E-state index >= 15 is 0 Å². The van der Waals surface area contributed by atoms with E-state index < -0.39 is 10.8 Å². The van der Waals surface area contributed by atoms with Crippen molar-refractivity contribution in [3.63, 3.8) is 0 Å². The SMILES string of the molecule is CCOc1ccc2nc(NC(=O)c3ccc(-c4cccc([N+](=O)[O-])c4)o3)sc2c1. The van der Waals surface area contributed by atoms with Crippen LogP contribution in [0.5, 0.6) is 5.75 Å². The van der Waals surface area contributed by atoms with Crippen LogP contribution in [0.2, 0.25) is 0 Å². The van der Waals surface area contributed by atoms with Gasteiger partial charge in [-0.1, -0.05) is 23.5 Å². The highest BCUT2D eigenvalue weighted by Gasteiger charge is 2.16. The van der Waals surface area contributed by atoms with E-state index in [1.165, 1.54) is 29.5 Å². The van der Waals surface area contributed by atoms with Gasteiger partial charge in [0.25, 0.3) is 11.6 Å². The first kappa shape index (κ1) is 18.6. The molecular weight excluding hydrogens is 394 g/mol. The van der Waals surface area contributed by atoms with Crippen LogP contribution in [-0.2, 0) is 0 Å². The minimum Gasteiger partial charge on any atom is -0.494 e. The number of benzene rings is 2. The molecule has 146 valence electrons. The Labute approximate surface area is 168 Å². The number of thiazole rings is 1. The Balaban J connectivity index is 1.53. The average molecular weight is 409 g/mol. The van der Waals surface area contributed by atoms with Gasteiger partial charge in [-0.25, -0.2) is 4.98 Å². The third kappa shape index (κ3) is 3.94. The molecule has 4 aromatic rings. The third-order valence-corrected chi connectivity index (χ3v) is 5.00. The summed E-state index contributed by atoms with van der Waals surface area (Å²) in [6.45, 7) is 2.48. The summed E-state index contributed by atoms with van der Waals surface area (Å²) in [5.41, 5.74) is 1.22. The first-order valence-electron chi connectivity index (χ1n) is 8.73. The monoisotopic (exact) mass is 409 g/mol. The zero-order chi connectivity index (χ0) is 20.4. The molecule has 2 aromatic carbocycles. The molecule has 2 heterocycles. The van der Waals surface area contributed by atoms with Crippen LogP contribution < -0.4 is 10.1 Å². The minimum absolute atomic E-state index is 0.0502. The fourth-order valence-electron chi connectivity index (χ4n) is 2.76. The van der Waals surface area contributed by atoms with Gasteiger partial charge in [0.1, 0.15) is 11.5 Å². The molecule has 0 aliphatic carbocycles. The smallest absolute Gasteiger partial charge is 0.293 e. The second-order valence-electron chi connectivity index (χ2n) is 6.01. The number of anilines is 1. The highest BCUT2D eigenvalue weighted by atomic mass is 32.1. The van der Waals surface area contributed by atoms with Crippen molar-refractivity contribution in [2.24, 2.45) is 0 Å². The van der Waals surface area contributed by atoms with Crippen molar-refractivity contribution in [3.8, 4) is 17.1 Å². The van der Waals surface area contributed by atoms with E-state index in [4.69, 9.17) is 9.15 Å². The number of amides is 1. The van der Waals surface area contributed by atoms with Gasteiger partial charge in [0.15, 0.2) is 10.9 Å². The van der Waals surface area contributed by atoms with Crippen LogP contribution in [0.3, 0.4) is 0 Å². The number of aromatic nitrogens is 1. The number of rotatable bonds is 6. The maximum Gasteiger partial charge on any atom is 0.293 e. The van der Waals surface area contributed by atoms with Crippen LogP contribution >= 0.6 is 11.3 Å². The van der Waals surface area contributed by atoms with E-state index in [1.54, 1.807) is 18.2 Å². The van der Waals surface area contributed by atoms with Gasteiger partial charge in [0.05, 0.1) is 21.7 Å². The zero-order valence-corrected chi connectivity index (χ0v) is 16.1. The van der Waals surface area contributed by atoms with E-state index in [0.717, 1.165) is 16.0 Å². The predicted molar refractivity (Wildman–Crippen MR) is 110 cm³/mol. The molecule has 0 saturated heterocycles. The summed E-state index contributed by atoms with van der Waals surface area (Å²) in [6, 6.07) is 14.7. The van der Waals surface area contributed by atoms with E-state index in [2.05, 4.69) is 10.3 Å². The van der Waals surface area contributed by atoms with Crippen molar-refractivity contribution < 1.29 is 18.9 Å². The van der Waals surface area contributed by atoms with Gasteiger partial charge in [-0.3, -0.25) is 20.2 Å².